The molecule has 6 nitrogen and oxygen atoms in total. The summed E-state index contributed by atoms with van der Waals surface area (Å²) in [5, 5.41) is 5.57. The van der Waals surface area contributed by atoms with Gasteiger partial charge >= 0.3 is 0 Å². The van der Waals surface area contributed by atoms with E-state index in [2.05, 4.69) is 26.6 Å². The number of likely N-dealkylation sites (N-methyl/N-ethyl adjacent to an activating group) is 1. The van der Waals surface area contributed by atoms with Crippen LogP contribution in [0.3, 0.4) is 0 Å². The third-order valence-corrected chi connectivity index (χ3v) is 5.10. The van der Waals surface area contributed by atoms with E-state index in [1.54, 1.807) is 31.3 Å². The summed E-state index contributed by atoms with van der Waals surface area (Å²) in [5.41, 5.74) is 2.09. The molecular weight excluding hydrogens is 434 g/mol. The van der Waals surface area contributed by atoms with Crippen molar-refractivity contribution in [3.63, 3.8) is 0 Å². The van der Waals surface area contributed by atoms with Crippen molar-refractivity contribution in [1.29, 1.82) is 0 Å². The number of hydrogen-bond acceptors (Lipinski definition) is 3. The molecular formula is C22H26BrN3O3. The number of halogens is 1. The van der Waals surface area contributed by atoms with Crippen molar-refractivity contribution >= 4 is 39.3 Å². The molecule has 0 spiro atoms. The van der Waals surface area contributed by atoms with E-state index in [0.29, 0.717) is 11.3 Å². The first kappa shape index (κ1) is 22.6. The van der Waals surface area contributed by atoms with Crippen LogP contribution in [-0.4, -0.2) is 42.3 Å². The monoisotopic (exact) mass is 459 g/mol. The van der Waals surface area contributed by atoms with Crippen LogP contribution in [-0.2, 0) is 9.59 Å². The van der Waals surface area contributed by atoms with Gasteiger partial charge in [-0.25, -0.2) is 0 Å². The van der Waals surface area contributed by atoms with Crippen molar-refractivity contribution < 1.29 is 14.4 Å². The lowest BCUT2D eigenvalue weighted by Crippen LogP contribution is -2.51. The Bertz CT molecular complexity index is 898. The second-order valence-corrected chi connectivity index (χ2v) is 8.14. The molecule has 0 aliphatic heterocycles. The van der Waals surface area contributed by atoms with Gasteiger partial charge in [0.15, 0.2) is 0 Å². The first-order valence-electron chi connectivity index (χ1n) is 9.36. The number of anilines is 1. The maximum absolute atomic E-state index is 12.9. The number of amides is 3. The Balaban J connectivity index is 2.02. The highest BCUT2D eigenvalue weighted by atomic mass is 79.9. The van der Waals surface area contributed by atoms with E-state index in [0.717, 1.165) is 10.0 Å². The summed E-state index contributed by atoms with van der Waals surface area (Å²) in [7, 11) is 1.55. The summed E-state index contributed by atoms with van der Waals surface area (Å²) < 4.78 is 0.757. The van der Waals surface area contributed by atoms with E-state index in [9.17, 15) is 14.4 Å². The molecule has 0 fully saturated rings. The van der Waals surface area contributed by atoms with Gasteiger partial charge in [-0.1, -0.05) is 43.7 Å². The Hall–Kier alpha value is -2.67. The van der Waals surface area contributed by atoms with Gasteiger partial charge in [0.2, 0.25) is 11.8 Å². The van der Waals surface area contributed by atoms with E-state index < -0.39 is 6.04 Å². The molecule has 0 radical (unpaired) electrons. The zero-order valence-corrected chi connectivity index (χ0v) is 18.6. The molecule has 29 heavy (non-hydrogen) atoms. The van der Waals surface area contributed by atoms with E-state index in [-0.39, 0.29) is 30.2 Å². The first-order valence-corrected chi connectivity index (χ1v) is 10.1. The van der Waals surface area contributed by atoms with Crippen molar-refractivity contribution in [2.75, 3.05) is 18.9 Å². The zero-order chi connectivity index (χ0) is 21.6. The van der Waals surface area contributed by atoms with Crippen LogP contribution in [0.5, 0.6) is 0 Å². The van der Waals surface area contributed by atoms with Crippen LogP contribution in [0.25, 0.3) is 0 Å². The normalized spacial score (nSPS) is 11.7. The number of hydrogen-bond donors (Lipinski definition) is 2. The van der Waals surface area contributed by atoms with E-state index in [1.807, 2.05) is 45.0 Å². The largest absolute Gasteiger partial charge is 0.340 e. The van der Waals surface area contributed by atoms with E-state index in [1.165, 1.54) is 4.90 Å². The molecule has 0 saturated heterocycles. The molecule has 0 aromatic heterocycles. The molecule has 2 rings (SSSR count). The van der Waals surface area contributed by atoms with Gasteiger partial charge in [0.1, 0.15) is 6.04 Å². The van der Waals surface area contributed by atoms with Gasteiger partial charge < -0.3 is 15.5 Å². The summed E-state index contributed by atoms with van der Waals surface area (Å²) >= 11 is 3.37. The van der Waals surface area contributed by atoms with Gasteiger partial charge in [-0.05, 0) is 53.0 Å². The van der Waals surface area contributed by atoms with Crippen molar-refractivity contribution in [3.8, 4) is 0 Å². The van der Waals surface area contributed by atoms with Gasteiger partial charge in [-0.2, -0.15) is 0 Å². The number of aryl methyl sites for hydroxylation is 1. The van der Waals surface area contributed by atoms with Crippen molar-refractivity contribution in [2.24, 2.45) is 5.92 Å². The number of carbonyl (C=O) groups excluding carboxylic acids is 3. The maximum atomic E-state index is 12.9. The fourth-order valence-electron chi connectivity index (χ4n) is 2.81. The summed E-state index contributed by atoms with van der Waals surface area (Å²) in [4.78, 5) is 39.1. The van der Waals surface area contributed by atoms with E-state index >= 15 is 0 Å². The Morgan fingerprint density at radius 3 is 2.38 bits per heavy atom. The molecule has 3 amide bonds. The second-order valence-electron chi connectivity index (χ2n) is 7.29. The Labute approximate surface area is 179 Å². The van der Waals surface area contributed by atoms with E-state index in [4.69, 9.17) is 0 Å². The Morgan fingerprint density at radius 2 is 1.76 bits per heavy atom. The van der Waals surface area contributed by atoms with Crippen molar-refractivity contribution in [2.45, 2.75) is 26.8 Å². The third kappa shape index (κ3) is 6.42. The van der Waals surface area contributed by atoms with Gasteiger partial charge in [0.25, 0.3) is 5.91 Å². The van der Waals surface area contributed by atoms with Crippen LogP contribution in [0.1, 0.15) is 29.8 Å². The summed E-state index contributed by atoms with van der Waals surface area (Å²) in [6.07, 6.45) is 0. The zero-order valence-electron chi connectivity index (χ0n) is 17.0. The van der Waals surface area contributed by atoms with Crippen LogP contribution in [0, 0.1) is 12.8 Å². The van der Waals surface area contributed by atoms with Gasteiger partial charge in [-0.3, -0.25) is 14.4 Å². The molecule has 2 aromatic carbocycles. The van der Waals surface area contributed by atoms with Gasteiger partial charge in [0.05, 0.1) is 12.2 Å². The molecule has 0 heterocycles. The minimum absolute atomic E-state index is 0.121. The topological polar surface area (TPSA) is 78.5 Å². The standard InChI is InChI=1S/C22H26BrN3O3/c1-14(2)20(25-21(28)16-9-7-8-15(3)12-16)22(29)26(4)13-19(27)24-18-11-6-5-10-17(18)23/h5-12,14,20H,13H2,1-4H3,(H,24,27)(H,25,28). The maximum Gasteiger partial charge on any atom is 0.251 e. The smallest absolute Gasteiger partial charge is 0.251 e. The van der Waals surface area contributed by atoms with Crippen LogP contribution < -0.4 is 10.6 Å². The molecule has 0 saturated carbocycles. The summed E-state index contributed by atoms with van der Waals surface area (Å²) in [5.74, 6) is -1.08. The molecule has 2 N–H and O–H groups in total. The number of nitrogens with one attached hydrogen (secondary N) is 2. The predicted octanol–water partition coefficient (Wildman–Crippen LogP) is 3.61. The van der Waals surface area contributed by atoms with Crippen LogP contribution in [0.15, 0.2) is 53.0 Å². The molecule has 7 heteroatoms. The number of benzene rings is 2. The Kier molecular flexibility index (Phi) is 7.96. The lowest BCUT2D eigenvalue weighted by molar-refractivity contribution is -0.135. The summed E-state index contributed by atoms with van der Waals surface area (Å²) in [6, 6.07) is 13.7. The minimum Gasteiger partial charge on any atom is -0.340 e. The fraction of sp³-hybridized carbons (Fsp3) is 0.318. The highest BCUT2D eigenvalue weighted by Gasteiger charge is 2.28. The first-order chi connectivity index (χ1) is 13.7. The second kappa shape index (κ2) is 10.2. The average Bonchev–Trinajstić information content (AvgIpc) is 2.66. The van der Waals surface area contributed by atoms with Crippen molar-refractivity contribution in [1.82, 2.24) is 10.2 Å². The SMILES string of the molecule is Cc1cccc(C(=O)NC(C(=O)N(C)CC(=O)Nc2ccccc2Br)C(C)C)c1. The lowest BCUT2D eigenvalue weighted by Gasteiger charge is -2.27. The number of para-hydroxylation sites is 1. The van der Waals surface area contributed by atoms with Crippen LogP contribution >= 0.6 is 15.9 Å². The van der Waals surface area contributed by atoms with Crippen LogP contribution in [0.2, 0.25) is 0 Å². The third-order valence-electron chi connectivity index (χ3n) is 4.40. The average molecular weight is 460 g/mol. The highest BCUT2D eigenvalue weighted by Crippen LogP contribution is 2.21. The number of nitrogens with zero attached hydrogens (tertiary/aromatic N) is 1. The molecule has 0 aliphatic carbocycles. The Morgan fingerprint density at radius 1 is 1.07 bits per heavy atom. The summed E-state index contributed by atoms with van der Waals surface area (Å²) in [6.45, 7) is 5.49. The molecule has 0 aliphatic rings. The number of carbonyl (C=O) groups is 3. The van der Waals surface area contributed by atoms with Gasteiger partial charge in [-0.15, -0.1) is 0 Å². The minimum atomic E-state index is -0.732. The highest BCUT2D eigenvalue weighted by molar-refractivity contribution is 9.10. The quantitative estimate of drug-likeness (QED) is 0.663. The van der Waals surface area contributed by atoms with Crippen LogP contribution in [0.4, 0.5) is 5.69 Å². The molecule has 0 bridgehead atoms. The molecule has 1 atom stereocenters. The lowest BCUT2D eigenvalue weighted by atomic mass is 10.0. The fourth-order valence-corrected chi connectivity index (χ4v) is 3.19. The molecule has 2 aromatic rings. The van der Waals surface area contributed by atoms with Crippen molar-refractivity contribution in [3.05, 3.63) is 64.1 Å². The predicted molar refractivity (Wildman–Crippen MR) is 118 cm³/mol. The number of rotatable bonds is 7. The van der Waals surface area contributed by atoms with Gasteiger partial charge in [0, 0.05) is 17.1 Å². The molecule has 154 valence electrons. The molecule has 1 unspecified atom stereocenters.